The fourth-order valence-electron chi connectivity index (χ4n) is 0.900. The molecule has 1 aromatic heterocycles. The molecule has 0 amide bonds. The monoisotopic (exact) mass is 270 g/mol. The predicted molar refractivity (Wildman–Crippen MR) is 58.2 cm³/mol. The van der Waals surface area contributed by atoms with Gasteiger partial charge in [0.1, 0.15) is 4.21 Å². The van der Waals surface area contributed by atoms with Gasteiger partial charge >= 0.3 is 0 Å². The largest absolute Gasteiger partial charge is 0.325 e. The first-order valence-corrected chi connectivity index (χ1v) is 6.71. The summed E-state index contributed by atoms with van der Waals surface area (Å²) >= 11 is 1.03. The molecule has 0 aromatic carbocycles. The van der Waals surface area contributed by atoms with E-state index < -0.39 is 29.0 Å². The molecular formula is C8H12F2N2O2S2. The molecule has 4 nitrogen and oxygen atoms in total. The van der Waals surface area contributed by atoms with Crippen molar-refractivity contribution >= 4 is 21.4 Å². The highest BCUT2D eigenvalue weighted by Crippen LogP contribution is 2.21. The molecule has 0 unspecified atom stereocenters. The van der Waals surface area contributed by atoms with Crippen LogP contribution in [0.1, 0.15) is 4.88 Å². The Balaban J connectivity index is 2.74. The summed E-state index contributed by atoms with van der Waals surface area (Å²) in [6.07, 6.45) is 0. The fourth-order valence-corrected chi connectivity index (χ4v) is 3.29. The van der Waals surface area contributed by atoms with E-state index in [1.54, 1.807) is 13.0 Å². The van der Waals surface area contributed by atoms with Gasteiger partial charge in [-0.05, 0) is 19.1 Å². The molecule has 1 aromatic rings. The second kappa shape index (κ2) is 4.74. The van der Waals surface area contributed by atoms with Gasteiger partial charge in [0.15, 0.2) is 0 Å². The minimum atomic E-state index is -3.85. The maximum Gasteiger partial charge on any atom is 0.273 e. The molecular weight excluding hydrogens is 258 g/mol. The van der Waals surface area contributed by atoms with Gasteiger partial charge in [0.25, 0.3) is 5.92 Å². The van der Waals surface area contributed by atoms with Crippen molar-refractivity contribution in [2.24, 2.45) is 5.73 Å². The maximum absolute atomic E-state index is 12.8. The molecule has 0 aliphatic heterocycles. The van der Waals surface area contributed by atoms with Crippen LogP contribution in [-0.2, 0) is 10.0 Å². The summed E-state index contributed by atoms with van der Waals surface area (Å²) in [6.45, 7) is -0.139. The molecule has 1 rings (SSSR count). The van der Waals surface area contributed by atoms with Crippen LogP contribution in [0.4, 0.5) is 8.78 Å². The predicted octanol–water partition coefficient (Wildman–Crippen LogP) is 0.929. The smallest absolute Gasteiger partial charge is 0.273 e. The summed E-state index contributed by atoms with van der Waals surface area (Å²) in [6, 6.07) is 2.99. The summed E-state index contributed by atoms with van der Waals surface area (Å²) < 4.78 is 50.4. The molecule has 0 bridgehead atoms. The number of nitrogens with one attached hydrogen (secondary N) is 1. The van der Waals surface area contributed by atoms with Gasteiger partial charge in [-0.3, -0.25) is 0 Å². The van der Waals surface area contributed by atoms with Crippen molar-refractivity contribution in [3.63, 3.8) is 0 Å². The first-order chi connectivity index (χ1) is 7.27. The Labute approximate surface area is 96.5 Å². The lowest BCUT2D eigenvalue weighted by Crippen LogP contribution is -2.41. The molecule has 8 heteroatoms. The van der Waals surface area contributed by atoms with E-state index in [0.29, 0.717) is 0 Å². The molecule has 0 spiro atoms. The lowest BCUT2D eigenvalue weighted by molar-refractivity contribution is 0.0170. The molecule has 0 atom stereocenters. The van der Waals surface area contributed by atoms with Crippen LogP contribution in [0, 0.1) is 6.92 Å². The lowest BCUT2D eigenvalue weighted by atomic mass is 10.3. The van der Waals surface area contributed by atoms with E-state index in [4.69, 9.17) is 5.73 Å². The fraction of sp³-hybridized carbons (Fsp3) is 0.500. The first-order valence-electron chi connectivity index (χ1n) is 4.41. The highest BCUT2D eigenvalue weighted by molar-refractivity contribution is 7.91. The molecule has 0 aliphatic rings. The second-order valence-corrected chi connectivity index (χ2v) is 6.53. The van der Waals surface area contributed by atoms with E-state index in [0.717, 1.165) is 16.2 Å². The van der Waals surface area contributed by atoms with Gasteiger partial charge in [0, 0.05) is 4.88 Å². The average Bonchev–Trinajstić information content (AvgIpc) is 2.63. The zero-order chi connectivity index (χ0) is 12.4. The van der Waals surface area contributed by atoms with Crippen LogP contribution in [0.25, 0.3) is 0 Å². The number of thiophene rings is 1. The van der Waals surface area contributed by atoms with Gasteiger partial charge < -0.3 is 5.73 Å². The standard InChI is InChI=1S/C8H12F2N2O2S2/c1-6-2-3-7(15-6)16(13,14)12-5-8(9,10)4-11/h2-3,12H,4-5,11H2,1H3. The number of aryl methyl sites for hydroxylation is 1. The van der Waals surface area contributed by atoms with E-state index >= 15 is 0 Å². The van der Waals surface area contributed by atoms with Gasteiger partial charge in [-0.25, -0.2) is 21.9 Å². The van der Waals surface area contributed by atoms with Crippen LogP contribution < -0.4 is 10.5 Å². The maximum atomic E-state index is 12.8. The summed E-state index contributed by atoms with van der Waals surface area (Å²) in [5, 5.41) is 0. The Morgan fingerprint density at radius 2 is 2.12 bits per heavy atom. The summed E-state index contributed by atoms with van der Waals surface area (Å²) in [7, 11) is -3.85. The summed E-state index contributed by atoms with van der Waals surface area (Å²) in [5.74, 6) is -3.22. The third-order valence-electron chi connectivity index (χ3n) is 1.80. The van der Waals surface area contributed by atoms with Crippen molar-refractivity contribution in [3.05, 3.63) is 17.0 Å². The number of hydrogen-bond donors (Lipinski definition) is 2. The van der Waals surface area contributed by atoms with Crippen molar-refractivity contribution in [1.29, 1.82) is 0 Å². The van der Waals surface area contributed by atoms with E-state index in [9.17, 15) is 17.2 Å². The number of nitrogens with two attached hydrogens (primary N) is 1. The van der Waals surface area contributed by atoms with Crippen LogP contribution in [0.5, 0.6) is 0 Å². The number of halogens is 2. The third-order valence-corrected chi connectivity index (χ3v) is 4.69. The lowest BCUT2D eigenvalue weighted by Gasteiger charge is -2.13. The molecule has 0 fully saturated rings. The van der Waals surface area contributed by atoms with Gasteiger partial charge in [0.05, 0.1) is 13.1 Å². The third kappa shape index (κ3) is 3.48. The minimum absolute atomic E-state index is 0.0258. The number of alkyl halides is 2. The number of rotatable bonds is 5. The zero-order valence-electron chi connectivity index (χ0n) is 8.54. The van der Waals surface area contributed by atoms with E-state index in [1.807, 2.05) is 4.72 Å². The number of sulfonamides is 1. The van der Waals surface area contributed by atoms with Crippen molar-refractivity contribution in [2.45, 2.75) is 17.1 Å². The Kier molecular flexibility index (Phi) is 4.00. The molecule has 3 N–H and O–H groups in total. The Bertz CT molecular complexity index is 456. The highest BCUT2D eigenvalue weighted by Gasteiger charge is 2.29. The van der Waals surface area contributed by atoms with Crippen molar-refractivity contribution < 1.29 is 17.2 Å². The molecule has 1 heterocycles. The van der Waals surface area contributed by atoms with E-state index in [2.05, 4.69) is 0 Å². The Morgan fingerprint density at radius 3 is 2.56 bits per heavy atom. The summed E-state index contributed by atoms with van der Waals surface area (Å²) in [5.41, 5.74) is 4.80. The second-order valence-electron chi connectivity index (χ2n) is 3.25. The van der Waals surface area contributed by atoms with Crippen molar-refractivity contribution in [3.8, 4) is 0 Å². The average molecular weight is 270 g/mol. The first kappa shape index (κ1) is 13.5. The molecule has 0 saturated heterocycles. The minimum Gasteiger partial charge on any atom is -0.325 e. The van der Waals surface area contributed by atoms with Gasteiger partial charge in [-0.15, -0.1) is 11.3 Å². The topological polar surface area (TPSA) is 72.2 Å². The van der Waals surface area contributed by atoms with E-state index in [1.165, 1.54) is 6.07 Å². The van der Waals surface area contributed by atoms with Crippen molar-refractivity contribution in [2.75, 3.05) is 13.1 Å². The van der Waals surface area contributed by atoms with Crippen LogP contribution in [0.2, 0.25) is 0 Å². The van der Waals surface area contributed by atoms with Crippen LogP contribution >= 0.6 is 11.3 Å². The van der Waals surface area contributed by atoms with Crippen LogP contribution in [0.15, 0.2) is 16.3 Å². The van der Waals surface area contributed by atoms with E-state index in [-0.39, 0.29) is 4.21 Å². The molecule has 92 valence electrons. The molecule has 0 saturated carbocycles. The van der Waals surface area contributed by atoms with Gasteiger partial charge in [-0.2, -0.15) is 0 Å². The molecule has 0 aliphatic carbocycles. The normalized spacial score (nSPS) is 13.0. The van der Waals surface area contributed by atoms with Crippen LogP contribution in [-0.4, -0.2) is 27.4 Å². The van der Waals surface area contributed by atoms with Crippen molar-refractivity contribution in [1.82, 2.24) is 4.72 Å². The highest BCUT2D eigenvalue weighted by atomic mass is 32.2. The Hall–Kier alpha value is -0.570. The van der Waals surface area contributed by atoms with Gasteiger partial charge in [-0.1, -0.05) is 0 Å². The van der Waals surface area contributed by atoms with Crippen LogP contribution in [0.3, 0.4) is 0 Å². The SMILES string of the molecule is Cc1ccc(S(=O)(=O)NCC(F)(F)CN)s1. The number of hydrogen-bond acceptors (Lipinski definition) is 4. The molecule has 16 heavy (non-hydrogen) atoms. The Morgan fingerprint density at radius 1 is 1.50 bits per heavy atom. The quantitative estimate of drug-likeness (QED) is 0.836. The van der Waals surface area contributed by atoms with Gasteiger partial charge in [0.2, 0.25) is 10.0 Å². The zero-order valence-corrected chi connectivity index (χ0v) is 10.2. The molecule has 0 radical (unpaired) electrons. The summed E-state index contributed by atoms with van der Waals surface area (Å²) in [4.78, 5) is 0.797.